The Bertz CT molecular complexity index is 1130. The average molecular weight is 452 g/mol. The van der Waals surface area contributed by atoms with Gasteiger partial charge in [-0.05, 0) is 30.3 Å². The van der Waals surface area contributed by atoms with Crippen molar-refractivity contribution in [2.45, 2.75) is 11.3 Å². The van der Waals surface area contributed by atoms with Gasteiger partial charge >= 0.3 is 0 Å². The number of non-ortho nitro benzene ring substituents is 1. The number of hydrogen-bond donors (Lipinski definition) is 0. The number of anilines is 1. The van der Waals surface area contributed by atoms with Crippen molar-refractivity contribution in [3.63, 3.8) is 0 Å². The lowest BCUT2D eigenvalue weighted by Gasteiger charge is -2.24. The second kappa shape index (κ2) is 7.43. The molecule has 0 N–H and O–H groups in total. The van der Waals surface area contributed by atoms with Crippen LogP contribution in [0.3, 0.4) is 0 Å². The molecule has 2 aromatic carbocycles. The molecule has 0 radical (unpaired) electrons. The van der Waals surface area contributed by atoms with Gasteiger partial charge in [0.15, 0.2) is 15.0 Å². The Morgan fingerprint density at radius 2 is 1.93 bits per heavy atom. The zero-order chi connectivity index (χ0) is 20.8. The maximum atomic E-state index is 12.7. The Morgan fingerprint density at radius 3 is 2.62 bits per heavy atom. The van der Waals surface area contributed by atoms with Crippen molar-refractivity contribution >= 4 is 55.6 Å². The van der Waals surface area contributed by atoms with E-state index in [0.29, 0.717) is 15.9 Å². The van der Waals surface area contributed by atoms with Crippen LogP contribution in [-0.4, -0.2) is 47.2 Å². The van der Waals surface area contributed by atoms with E-state index >= 15 is 0 Å². The highest BCUT2D eigenvalue weighted by atomic mass is 35.5. The van der Waals surface area contributed by atoms with Gasteiger partial charge < -0.3 is 4.90 Å². The Kier molecular flexibility index (Phi) is 5.09. The molecule has 150 valence electrons. The predicted molar refractivity (Wildman–Crippen MR) is 113 cm³/mol. The molecule has 2 fully saturated rings. The quantitative estimate of drug-likeness (QED) is 0.520. The van der Waals surface area contributed by atoms with Crippen LogP contribution in [0.1, 0.15) is 10.4 Å². The molecule has 4 rings (SSSR count). The fraction of sp³-hybridized carbons (Fsp3) is 0.222. The van der Waals surface area contributed by atoms with Crippen molar-refractivity contribution in [1.29, 1.82) is 0 Å². The number of fused-ring (bicyclic) bond motifs is 1. The first-order valence-corrected chi connectivity index (χ1v) is 11.6. The number of carbonyl (C=O) groups is 1. The fourth-order valence-electron chi connectivity index (χ4n) is 3.37. The molecule has 0 unspecified atom stereocenters. The number of thioether (sulfide) groups is 1. The number of nitrogens with zero attached hydrogens (tertiary/aromatic N) is 3. The van der Waals surface area contributed by atoms with Crippen molar-refractivity contribution in [3.05, 3.63) is 69.2 Å². The summed E-state index contributed by atoms with van der Waals surface area (Å²) in [6.45, 7) is 0. The van der Waals surface area contributed by atoms with Gasteiger partial charge in [0, 0.05) is 33.7 Å². The smallest absolute Gasteiger partial charge is 0.279 e. The molecular formula is C18H14ClN3O5S2. The number of rotatable bonds is 3. The highest BCUT2D eigenvalue weighted by molar-refractivity contribution is 8.16. The molecule has 0 spiro atoms. The van der Waals surface area contributed by atoms with E-state index in [1.54, 1.807) is 29.2 Å². The molecule has 2 atom stereocenters. The van der Waals surface area contributed by atoms with Crippen molar-refractivity contribution in [3.8, 4) is 0 Å². The number of halogens is 1. The Morgan fingerprint density at radius 1 is 1.21 bits per heavy atom. The van der Waals surface area contributed by atoms with Crippen LogP contribution < -0.4 is 4.90 Å². The van der Waals surface area contributed by atoms with Gasteiger partial charge in [-0.3, -0.25) is 14.9 Å². The summed E-state index contributed by atoms with van der Waals surface area (Å²) in [5.74, 6) is -0.647. The molecule has 29 heavy (non-hydrogen) atoms. The zero-order valence-electron chi connectivity index (χ0n) is 14.8. The third-order valence-corrected chi connectivity index (χ3v) is 8.13. The predicted octanol–water partition coefficient (Wildman–Crippen LogP) is 3.16. The summed E-state index contributed by atoms with van der Waals surface area (Å²) < 4.78 is 24.2. The molecule has 0 aromatic heterocycles. The number of carbonyl (C=O) groups excluding carboxylic acids is 1. The van der Waals surface area contributed by atoms with Crippen molar-refractivity contribution in [1.82, 2.24) is 0 Å². The maximum Gasteiger partial charge on any atom is 0.279 e. The molecule has 2 aliphatic rings. The molecule has 0 aliphatic carbocycles. The molecule has 2 heterocycles. The van der Waals surface area contributed by atoms with Crippen molar-refractivity contribution in [2.24, 2.45) is 4.99 Å². The zero-order valence-corrected chi connectivity index (χ0v) is 17.2. The molecular weight excluding hydrogens is 438 g/mol. The van der Waals surface area contributed by atoms with Crippen LogP contribution in [0.25, 0.3) is 0 Å². The van der Waals surface area contributed by atoms with E-state index in [2.05, 4.69) is 4.99 Å². The van der Waals surface area contributed by atoms with Gasteiger partial charge in [-0.25, -0.2) is 8.42 Å². The normalized spacial score (nSPS) is 23.9. The SMILES string of the molecule is O=C(N=C1S[C@@H]2CS(=O)(=O)C[C@@H]2N1c1ccc(Cl)cc1)c1cccc([N+](=O)[O-])c1. The van der Waals surface area contributed by atoms with Gasteiger partial charge in [0.1, 0.15) is 0 Å². The second-order valence-corrected chi connectivity index (χ2v) is 10.5. The van der Waals surface area contributed by atoms with Crippen molar-refractivity contribution in [2.75, 3.05) is 16.4 Å². The van der Waals surface area contributed by atoms with Gasteiger partial charge in [0.05, 0.1) is 22.5 Å². The number of nitro benzene ring substituents is 1. The molecule has 1 amide bonds. The van der Waals surface area contributed by atoms with Crippen LogP contribution in [0.5, 0.6) is 0 Å². The molecule has 2 aliphatic heterocycles. The third kappa shape index (κ3) is 4.00. The van der Waals surface area contributed by atoms with E-state index in [1.165, 1.54) is 36.0 Å². The second-order valence-electron chi connectivity index (χ2n) is 6.65. The summed E-state index contributed by atoms with van der Waals surface area (Å²) in [6, 6.07) is 11.8. The standard InChI is InChI=1S/C18H14ClN3O5S2/c19-12-4-6-13(7-5-12)21-15-9-29(26,27)10-16(15)28-18(21)20-17(23)11-2-1-3-14(8-11)22(24)25/h1-8,15-16H,9-10H2/t15-,16+/m0/s1. The monoisotopic (exact) mass is 451 g/mol. The summed E-state index contributed by atoms with van der Waals surface area (Å²) in [7, 11) is -3.18. The number of aliphatic imine (C=N–C) groups is 1. The lowest BCUT2D eigenvalue weighted by molar-refractivity contribution is -0.384. The number of benzene rings is 2. The van der Waals surface area contributed by atoms with E-state index in [4.69, 9.17) is 11.6 Å². The summed E-state index contributed by atoms with van der Waals surface area (Å²) in [5.41, 5.74) is 0.567. The van der Waals surface area contributed by atoms with Crippen molar-refractivity contribution < 1.29 is 18.1 Å². The van der Waals surface area contributed by atoms with Gasteiger partial charge in [0.25, 0.3) is 11.6 Å². The van der Waals surface area contributed by atoms with Crippen LogP contribution in [0.4, 0.5) is 11.4 Å². The Balaban J connectivity index is 1.71. The van der Waals surface area contributed by atoms with E-state index in [9.17, 15) is 23.3 Å². The fourth-order valence-corrected chi connectivity index (χ4v) is 7.41. The summed E-state index contributed by atoms with van der Waals surface area (Å²) in [6.07, 6.45) is 0. The lowest BCUT2D eigenvalue weighted by Crippen LogP contribution is -2.37. The van der Waals surface area contributed by atoms with E-state index in [1.807, 2.05) is 0 Å². The molecule has 11 heteroatoms. The van der Waals surface area contributed by atoms with Gasteiger partial charge in [-0.15, -0.1) is 0 Å². The number of hydrogen-bond acceptors (Lipinski definition) is 6. The summed E-state index contributed by atoms with van der Waals surface area (Å²) in [4.78, 5) is 29.0. The van der Waals surface area contributed by atoms with Crippen LogP contribution in [0, 0.1) is 10.1 Å². The molecule has 2 saturated heterocycles. The van der Waals surface area contributed by atoms with Crippen LogP contribution >= 0.6 is 23.4 Å². The maximum absolute atomic E-state index is 12.7. The van der Waals surface area contributed by atoms with Gasteiger partial charge in [0.2, 0.25) is 0 Å². The minimum absolute atomic E-state index is 0.0104. The lowest BCUT2D eigenvalue weighted by atomic mass is 10.2. The highest BCUT2D eigenvalue weighted by Crippen LogP contribution is 2.41. The topological polar surface area (TPSA) is 110 Å². The highest BCUT2D eigenvalue weighted by Gasteiger charge is 2.49. The summed E-state index contributed by atoms with van der Waals surface area (Å²) in [5, 5.41) is 11.6. The van der Waals surface area contributed by atoms with Gasteiger partial charge in [-0.1, -0.05) is 29.4 Å². The van der Waals surface area contributed by atoms with Crippen LogP contribution in [0.15, 0.2) is 53.5 Å². The first-order chi connectivity index (χ1) is 13.7. The Hall–Kier alpha value is -2.43. The number of sulfone groups is 1. The van der Waals surface area contributed by atoms with Crippen LogP contribution in [0.2, 0.25) is 5.02 Å². The summed E-state index contributed by atoms with van der Waals surface area (Å²) >= 11 is 7.19. The first-order valence-electron chi connectivity index (χ1n) is 8.53. The number of amidine groups is 1. The number of nitro groups is 1. The van der Waals surface area contributed by atoms with E-state index in [-0.39, 0.29) is 34.0 Å². The molecule has 8 nitrogen and oxygen atoms in total. The molecule has 0 bridgehead atoms. The largest absolute Gasteiger partial charge is 0.316 e. The average Bonchev–Trinajstić information content (AvgIpc) is 3.13. The minimum atomic E-state index is -3.18. The minimum Gasteiger partial charge on any atom is -0.316 e. The first kappa shape index (κ1) is 19.9. The van der Waals surface area contributed by atoms with Gasteiger partial charge in [-0.2, -0.15) is 4.99 Å². The Labute approximate surface area is 175 Å². The molecule has 2 aromatic rings. The number of amides is 1. The van der Waals surface area contributed by atoms with Crippen LogP contribution in [-0.2, 0) is 9.84 Å². The molecule has 0 saturated carbocycles. The van der Waals surface area contributed by atoms with E-state index < -0.39 is 20.7 Å². The third-order valence-electron chi connectivity index (χ3n) is 4.67. The van der Waals surface area contributed by atoms with E-state index in [0.717, 1.165) is 0 Å².